The van der Waals surface area contributed by atoms with Crippen molar-refractivity contribution < 1.29 is 33.0 Å². The molecular weight excluding hydrogens is 356 g/mol. The standard InChI is InChI=1S/C14H12N2O8S/c1-8-2-3-9(6-10(8)14(20)21)25(22,23)16-12(17)5-4-11(15-16)24-7-13(18)19/h2-6H,7H2,1H3,(H,18,19)(H,20,21). The smallest absolute Gasteiger partial charge is 0.341 e. The molecule has 2 N–H and O–H groups in total. The number of aryl methyl sites for hydroxylation is 1. The van der Waals surface area contributed by atoms with Gasteiger partial charge in [-0.1, -0.05) is 6.07 Å². The molecule has 0 saturated heterocycles. The predicted octanol–water partition coefficient (Wildman–Crippen LogP) is -0.0497. The van der Waals surface area contributed by atoms with Gasteiger partial charge in [0.15, 0.2) is 6.61 Å². The molecule has 0 aliphatic carbocycles. The minimum Gasteiger partial charge on any atom is -0.479 e. The summed E-state index contributed by atoms with van der Waals surface area (Å²) >= 11 is 0. The molecule has 132 valence electrons. The van der Waals surface area contributed by atoms with Crippen LogP contribution < -0.4 is 10.3 Å². The Kier molecular flexibility index (Phi) is 4.88. The Hall–Kier alpha value is -3.21. The van der Waals surface area contributed by atoms with E-state index >= 15 is 0 Å². The number of rotatable bonds is 6. The van der Waals surface area contributed by atoms with E-state index < -0.39 is 44.9 Å². The highest BCUT2D eigenvalue weighted by molar-refractivity contribution is 7.89. The van der Waals surface area contributed by atoms with Crippen molar-refractivity contribution in [3.05, 3.63) is 51.8 Å². The van der Waals surface area contributed by atoms with Gasteiger partial charge in [-0.25, -0.2) is 9.59 Å². The van der Waals surface area contributed by atoms with Crippen LogP contribution in [0.5, 0.6) is 5.88 Å². The molecule has 2 rings (SSSR count). The lowest BCUT2D eigenvalue weighted by Crippen LogP contribution is -2.30. The average Bonchev–Trinajstić information content (AvgIpc) is 2.53. The molecule has 0 spiro atoms. The van der Waals surface area contributed by atoms with Crippen molar-refractivity contribution in [2.75, 3.05) is 6.61 Å². The molecule has 0 unspecified atom stereocenters. The lowest BCUT2D eigenvalue weighted by Gasteiger charge is -2.09. The SMILES string of the molecule is Cc1ccc(S(=O)(=O)n2nc(OCC(=O)O)ccc2=O)cc1C(=O)O. The third kappa shape index (κ3) is 3.83. The van der Waals surface area contributed by atoms with Gasteiger partial charge in [0.25, 0.3) is 15.6 Å². The van der Waals surface area contributed by atoms with E-state index in [1.54, 1.807) is 0 Å². The van der Waals surface area contributed by atoms with E-state index in [0.717, 1.165) is 24.3 Å². The molecule has 25 heavy (non-hydrogen) atoms. The molecule has 1 aromatic heterocycles. The van der Waals surface area contributed by atoms with Crippen molar-refractivity contribution in [2.45, 2.75) is 11.8 Å². The number of benzene rings is 1. The van der Waals surface area contributed by atoms with Crippen LogP contribution in [0, 0.1) is 6.92 Å². The summed E-state index contributed by atoms with van der Waals surface area (Å²) in [7, 11) is -4.50. The fourth-order valence-corrected chi connectivity index (χ4v) is 3.05. The van der Waals surface area contributed by atoms with Crippen LogP contribution in [0.25, 0.3) is 0 Å². The molecule has 1 heterocycles. The Bertz CT molecular complexity index is 1010. The second kappa shape index (κ2) is 6.73. The number of carbonyl (C=O) groups is 2. The molecule has 0 atom stereocenters. The normalized spacial score (nSPS) is 11.1. The predicted molar refractivity (Wildman–Crippen MR) is 82.3 cm³/mol. The number of ether oxygens (including phenoxy) is 1. The second-order valence-corrected chi connectivity index (χ2v) is 6.59. The van der Waals surface area contributed by atoms with Gasteiger partial charge < -0.3 is 14.9 Å². The molecule has 11 heteroatoms. The Morgan fingerprint density at radius 2 is 1.88 bits per heavy atom. The van der Waals surface area contributed by atoms with E-state index in [-0.39, 0.29) is 9.65 Å². The van der Waals surface area contributed by atoms with Gasteiger partial charge in [0, 0.05) is 12.1 Å². The molecule has 0 amide bonds. The largest absolute Gasteiger partial charge is 0.479 e. The van der Waals surface area contributed by atoms with Crippen molar-refractivity contribution in [1.29, 1.82) is 0 Å². The summed E-state index contributed by atoms with van der Waals surface area (Å²) in [5.41, 5.74) is -0.919. The Morgan fingerprint density at radius 3 is 2.48 bits per heavy atom. The van der Waals surface area contributed by atoms with Gasteiger partial charge >= 0.3 is 11.9 Å². The summed E-state index contributed by atoms with van der Waals surface area (Å²) in [5.74, 6) is -3.03. The van der Waals surface area contributed by atoms with Gasteiger partial charge in [-0.3, -0.25) is 4.79 Å². The first kappa shape index (κ1) is 18.1. The number of aromatic carboxylic acids is 1. The van der Waals surface area contributed by atoms with E-state index in [0.29, 0.717) is 5.56 Å². The number of aromatic nitrogens is 2. The number of carboxylic acids is 2. The van der Waals surface area contributed by atoms with Crippen LogP contribution in [0.3, 0.4) is 0 Å². The number of carboxylic acid groups (broad SMARTS) is 2. The summed E-state index contributed by atoms with van der Waals surface area (Å²) in [6.07, 6.45) is 0. The number of nitrogens with zero attached hydrogens (tertiary/aromatic N) is 2. The first-order chi connectivity index (χ1) is 11.6. The zero-order valence-corrected chi connectivity index (χ0v) is 13.6. The summed E-state index contributed by atoms with van der Waals surface area (Å²) in [6.45, 7) is 0.712. The second-order valence-electron chi connectivity index (χ2n) is 4.82. The summed E-state index contributed by atoms with van der Waals surface area (Å²) in [6, 6.07) is 5.19. The van der Waals surface area contributed by atoms with Crippen LogP contribution in [-0.4, -0.2) is 46.4 Å². The fourth-order valence-electron chi connectivity index (χ4n) is 1.86. The molecule has 0 radical (unpaired) electrons. The monoisotopic (exact) mass is 368 g/mol. The number of hydrogen-bond donors (Lipinski definition) is 2. The summed E-state index contributed by atoms with van der Waals surface area (Å²) in [5, 5.41) is 21.1. The molecule has 0 bridgehead atoms. The van der Waals surface area contributed by atoms with Gasteiger partial charge in [-0.15, -0.1) is 9.19 Å². The maximum Gasteiger partial charge on any atom is 0.341 e. The van der Waals surface area contributed by atoms with Crippen LogP contribution in [0.15, 0.2) is 40.0 Å². The highest BCUT2D eigenvalue weighted by Crippen LogP contribution is 2.17. The van der Waals surface area contributed by atoms with Gasteiger partial charge in [0.2, 0.25) is 5.88 Å². The van der Waals surface area contributed by atoms with Crippen LogP contribution in [0.1, 0.15) is 15.9 Å². The van der Waals surface area contributed by atoms with Crippen LogP contribution in [0.2, 0.25) is 0 Å². The molecule has 1 aromatic carbocycles. The first-order valence-corrected chi connectivity index (χ1v) is 8.11. The molecule has 0 aliphatic heterocycles. The Labute approximate surface area is 141 Å². The zero-order valence-electron chi connectivity index (χ0n) is 12.7. The first-order valence-electron chi connectivity index (χ1n) is 6.67. The van der Waals surface area contributed by atoms with Crippen LogP contribution in [0.4, 0.5) is 0 Å². The third-order valence-electron chi connectivity index (χ3n) is 3.05. The number of hydrogen-bond acceptors (Lipinski definition) is 7. The van der Waals surface area contributed by atoms with Crippen molar-refractivity contribution in [1.82, 2.24) is 9.19 Å². The van der Waals surface area contributed by atoms with E-state index in [1.165, 1.54) is 13.0 Å². The zero-order chi connectivity index (χ0) is 18.8. The van der Waals surface area contributed by atoms with Gasteiger partial charge in [0.05, 0.1) is 10.5 Å². The molecular formula is C14H12N2O8S. The average molecular weight is 368 g/mol. The summed E-state index contributed by atoms with van der Waals surface area (Å²) in [4.78, 5) is 33.0. The van der Waals surface area contributed by atoms with Gasteiger partial charge in [-0.2, -0.15) is 8.42 Å². The minimum atomic E-state index is -4.50. The lowest BCUT2D eigenvalue weighted by atomic mass is 10.1. The Morgan fingerprint density at radius 1 is 1.20 bits per heavy atom. The van der Waals surface area contributed by atoms with E-state index in [2.05, 4.69) is 5.10 Å². The van der Waals surface area contributed by atoms with E-state index in [4.69, 9.17) is 14.9 Å². The molecule has 0 saturated carbocycles. The van der Waals surface area contributed by atoms with Crippen molar-refractivity contribution >= 4 is 22.0 Å². The fraction of sp³-hybridized carbons (Fsp3) is 0.143. The molecule has 2 aromatic rings. The maximum absolute atomic E-state index is 12.6. The maximum atomic E-state index is 12.6. The molecule has 0 aliphatic rings. The summed E-state index contributed by atoms with van der Waals surface area (Å²) < 4.78 is 30.0. The number of aliphatic carboxylic acids is 1. The van der Waals surface area contributed by atoms with E-state index in [1.807, 2.05) is 0 Å². The molecule has 0 fully saturated rings. The van der Waals surface area contributed by atoms with Gasteiger partial charge in [-0.05, 0) is 24.6 Å². The van der Waals surface area contributed by atoms with Crippen molar-refractivity contribution in [3.8, 4) is 5.88 Å². The van der Waals surface area contributed by atoms with Crippen molar-refractivity contribution in [3.63, 3.8) is 0 Å². The van der Waals surface area contributed by atoms with Gasteiger partial charge in [0.1, 0.15) is 0 Å². The van der Waals surface area contributed by atoms with Crippen molar-refractivity contribution in [2.24, 2.45) is 0 Å². The topological polar surface area (TPSA) is 153 Å². The van der Waals surface area contributed by atoms with E-state index in [9.17, 15) is 22.8 Å². The minimum absolute atomic E-state index is 0.112. The molecule has 10 nitrogen and oxygen atoms in total. The Balaban J connectivity index is 2.55. The third-order valence-corrected chi connectivity index (χ3v) is 4.62. The van der Waals surface area contributed by atoms with Crippen LogP contribution >= 0.6 is 0 Å². The van der Waals surface area contributed by atoms with Crippen LogP contribution in [-0.2, 0) is 14.8 Å². The quantitative estimate of drug-likeness (QED) is 0.714. The highest BCUT2D eigenvalue weighted by Gasteiger charge is 2.23. The highest BCUT2D eigenvalue weighted by atomic mass is 32.2. The lowest BCUT2D eigenvalue weighted by molar-refractivity contribution is -0.139.